The number of hydrogen-bond donors (Lipinski definition) is 1. The van der Waals surface area contributed by atoms with Crippen LogP contribution in [0.25, 0.3) is 0 Å². The summed E-state index contributed by atoms with van der Waals surface area (Å²) in [6.45, 7) is 1.64. The van der Waals surface area contributed by atoms with E-state index in [2.05, 4.69) is 5.32 Å². The summed E-state index contributed by atoms with van der Waals surface area (Å²) in [5.41, 5.74) is 1.45. The molecule has 0 radical (unpaired) electrons. The van der Waals surface area contributed by atoms with Crippen molar-refractivity contribution in [3.05, 3.63) is 92.9 Å². The van der Waals surface area contributed by atoms with Gasteiger partial charge in [-0.1, -0.05) is 78.1 Å². The maximum atomic E-state index is 14.1. The van der Waals surface area contributed by atoms with E-state index in [4.69, 9.17) is 39.5 Å². The zero-order chi connectivity index (χ0) is 30.2. The molecule has 0 saturated heterocycles. The third-order valence-corrected chi connectivity index (χ3v) is 8.21. The van der Waals surface area contributed by atoms with Gasteiger partial charge in [0, 0.05) is 34.6 Å². The lowest BCUT2D eigenvalue weighted by Crippen LogP contribution is -2.53. The van der Waals surface area contributed by atoms with E-state index in [0.29, 0.717) is 28.6 Å². The number of carbonyl (C=O) groups is 2. The van der Waals surface area contributed by atoms with Crippen LogP contribution in [-0.2, 0) is 32.6 Å². The molecule has 1 N–H and O–H groups in total. The Labute approximate surface area is 256 Å². The maximum Gasteiger partial charge on any atom is 0.244 e. The van der Waals surface area contributed by atoms with Crippen molar-refractivity contribution in [3.63, 3.8) is 0 Å². The number of benzene rings is 3. The molecule has 3 rings (SSSR count). The van der Waals surface area contributed by atoms with E-state index in [1.807, 2.05) is 37.3 Å². The molecular weight excluding hydrogens is 609 g/mol. The lowest BCUT2D eigenvalue weighted by atomic mass is 10.0. The van der Waals surface area contributed by atoms with Gasteiger partial charge in [0.25, 0.3) is 0 Å². The van der Waals surface area contributed by atoms with Gasteiger partial charge in [0.2, 0.25) is 21.8 Å². The number of sulfonamides is 1. The van der Waals surface area contributed by atoms with Gasteiger partial charge in [-0.3, -0.25) is 13.9 Å². The van der Waals surface area contributed by atoms with E-state index in [0.717, 1.165) is 16.1 Å². The van der Waals surface area contributed by atoms with Crippen LogP contribution in [0, 0.1) is 0 Å². The summed E-state index contributed by atoms with van der Waals surface area (Å²) in [4.78, 5) is 29.0. The molecule has 0 aliphatic heterocycles. The Morgan fingerprint density at radius 1 is 0.976 bits per heavy atom. The van der Waals surface area contributed by atoms with Crippen LogP contribution < -0.4 is 14.4 Å². The summed E-state index contributed by atoms with van der Waals surface area (Å²) in [5, 5.41) is 3.86. The molecule has 0 spiro atoms. The van der Waals surface area contributed by atoms with Gasteiger partial charge >= 0.3 is 0 Å². The Morgan fingerprint density at radius 2 is 1.63 bits per heavy atom. The summed E-state index contributed by atoms with van der Waals surface area (Å²) in [7, 11) is -2.61. The molecule has 0 unspecified atom stereocenters. The predicted octanol–water partition coefficient (Wildman–Crippen LogP) is 5.59. The smallest absolute Gasteiger partial charge is 0.244 e. The Morgan fingerprint density at radius 3 is 2.24 bits per heavy atom. The van der Waals surface area contributed by atoms with Gasteiger partial charge < -0.3 is 15.0 Å². The van der Waals surface area contributed by atoms with Crippen molar-refractivity contribution in [1.82, 2.24) is 10.2 Å². The number of ether oxygens (including phenoxy) is 1. The lowest BCUT2D eigenvalue weighted by molar-refractivity contribution is -0.140. The Hall–Kier alpha value is -2.98. The minimum Gasteiger partial charge on any atom is -0.495 e. The van der Waals surface area contributed by atoms with E-state index < -0.39 is 28.5 Å². The lowest BCUT2D eigenvalue weighted by Gasteiger charge is -2.34. The molecule has 2 amide bonds. The highest BCUT2D eigenvalue weighted by Crippen LogP contribution is 2.33. The van der Waals surface area contributed by atoms with Crippen molar-refractivity contribution in [2.45, 2.75) is 32.4 Å². The standard InChI is InChI=1S/C29H32Cl3N3O5S/c1-4-14-33-29(37)26(15-20-8-6-5-7-9-20)34(18-21-10-11-22(30)16-24(21)32)28(36)19-35(41(3,38)39)25-17-23(31)12-13-27(25)40-2/h5-13,16-17,26H,4,14-15,18-19H2,1-3H3,(H,33,37)/t26-/m0/s1. The molecule has 0 fully saturated rings. The third-order valence-electron chi connectivity index (χ3n) is 6.26. The molecule has 0 saturated carbocycles. The predicted molar refractivity (Wildman–Crippen MR) is 164 cm³/mol. The Bertz CT molecular complexity index is 1470. The molecule has 3 aromatic carbocycles. The van der Waals surface area contributed by atoms with Crippen LogP contribution in [0.5, 0.6) is 5.75 Å². The highest BCUT2D eigenvalue weighted by atomic mass is 35.5. The third kappa shape index (κ3) is 9.00. The van der Waals surface area contributed by atoms with E-state index in [1.165, 1.54) is 24.1 Å². The first-order chi connectivity index (χ1) is 19.4. The van der Waals surface area contributed by atoms with Crippen molar-refractivity contribution >= 4 is 62.3 Å². The number of nitrogens with zero attached hydrogens (tertiary/aromatic N) is 2. The number of nitrogens with one attached hydrogen (secondary N) is 1. The first-order valence-corrected chi connectivity index (χ1v) is 15.8. The monoisotopic (exact) mass is 639 g/mol. The Kier molecular flexibility index (Phi) is 11.7. The fraction of sp³-hybridized carbons (Fsp3) is 0.310. The van der Waals surface area contributed by atoms with Crippen LogP contribution in [0.4, 0.5) is 5.69 Å². The molecule has 0 aromatic heterocycles. The van der Waals surface area contributed by atoms with Gasteiger partial charge in [-0.05, 0) is 47.9 Å². The first kappa shape index (κ1) is 32.5. The van der Waals surface area contributed by atoms with Gasteiger partial charge in [-0.25, -0.2) is 8.42 Å². The van der Waals surface area contributed by atoms with Crippen molar-refractivity contribution in [1.29, 1.82) is 0 Å². The number of carbonyl (C=O) groups excluding carboxylic acids is 2. The number of hydrogen-bond acceptors (Lipinski definition) is 5. The number of amides is 2. The number of rotatable bonds is 13. The second-order valence-electron chi connectivity index (χ2n) is 9.34. The quantitative estimate of drug-likeness (QED) is 0.263. The van der Waals surface area contributed by atoms with E-state index >= 15 is 0 Å². The fourth-order valence-corrected chi connectivity index (χ4v) is 5.69. The first-order valence-electron chi connectivity index (χ1n) is 12.8. The van der Waals surface area contributed by atoms with Crippen LogP contribution >= 0.6 is 34.8 Å². The zero-order valence-electron chi connectivity index (χ0n) is 22.9. The van der Waals surface area contributed by atoms with Gasteiger partial charge in [0.15, 0.2) is 0 Å². The second-order valence-corrected chi connectivity index (χ2v) is 12.5. The highest BCUT2D eigenvalue weighted by Gasteiger charge is 2.34. The molecule has 41 heavy (non-hydrogen) atoms. The molecule has 8 nitrogen and oxygen atoms in total. The van der Waals surface area contributed by atoms with Crippen molar-refractivity contribution in [2.24, 2.45) is 0 Å². The van der Waals surface area contributed by atoms with Crippen LogP contribution in [0.3, 0.4) is 0 Å². The molecule has 0 aliphatic carbocycles. The van der Waals surface area contributed by atoms with E-state index in [-0.39, 0.29) is 35.3 Å². The average molecular weight is 641 g/mol. The maximum absolute atomic E-state index is 14.1. The number of halogens is 3. The Balaban J connectivity index is 2.11. The second kappa shape index (κ2) is 14.8. The van der Waals surface area contributed by atoms with Crippen molar-refractivity contribution < 1.29 is 22.7 Å². The summed E-state index contributed by atoms with van der Waals surface area (Å²) in [6.07, 6.45) is 1.86. The van der Waals surface area contributed by atoms with Crippen LogP contribution in [-0.4, -0.2) is 57.6 Å². The van der Waals surface area contributed by atoms with Crippen molar-refractivity contribution in [2.75, 3.05) is 30.8 Å². The molecular formula is C29H32Cl3N3O5S. The molecule has 0 aliphatic rings. The van der Waals surface area contributed by atoms with E-state index in [1.54, 1.807) is 24.3 Å². The van der Waals surface area contributed by atoms with Crippen molar-refractivity contribution in [3.8, 4) is 5.75 Å². The van der Waals surface area contributed by atoms with E-state index in [9.17, 15) is 18.0 Å². The fourth-order valence-electron chi connectivity index (χ4n) is 4.21. The average Bonchev–Trinajstić information content (AvgIpc) is 2.93. The van der Waals surface area contributed by atoms with Crippen LogP contribution in [0.2, 0.25) is 15.1 Å². The summed E-state index contributed by atoms with van der Waals surface area (Å²) in [6, 6.07) is 17.6. The molecule has 3 aromatic rings. The van der Waals surface area contributed by atoms with Gasteiger partial charge in [-0.2, -0.15) is 0 Å². The number of anilines is 1. The topological polar surface area (TPSA) is 96.0 Å². The minimum atomic E-state index is -4.00. The van der Waals surface area contributed by atoms with Crippen LogP contribution in [0.15, 0.2) is 66.7 Å². The molecule has 12 heteroatoms. The summed E-state index contributed by atoms with van der Waals surface area (Å²) in [5.74, 6) is -0.794. The molecule has 0 heterocycles. The SMILES string of the molecule is CCCNC(=O)[C@H](Cc1ccccc1)N(Cc1ccc(Cl)cc1Cl)C(=O)CN(c1cc(Cl)ccc1OC)S(C)(=O)=O. The molecule has 220 valence electrons. The van der Waals surface area contributed by atoms with Gasteiger partial charge in [0.05, 0.1) is 19.1 Å². The largest absolute Gasteiger partial charge is 0.495 e. The summed E-state index contributed by atoms with van der Waals surface area (Å²) < 4.78 is 32.3. The zero-order valence-corrected chi connectivity index (χ0v) is 26.0. The van der Waals surface area contributed by atoms with Gasteiger partial charge in [-0.15, -0.1) is 0 Å². The molecule has 0 bridgehead atoms. The number of methoxy groups -OCH3 is 1. The normalized spacial score (nSPS) is 12.0. The summed E-state index contributed by atoms with van der Waals surface area (Å²) >= 11 is 18.8. The van der Waals surface area contributed by atoms with Gasteiger partial charge in [0.1, 0.15) is 18.3 Å². The molecule has 1 atom stereocenters. The van der Waals surface area contributed by atoms with Crippen LogP contribution in [0.1, 0.15) is 24.5 Å². The minimum absolute atomic E-state index is 0.0733. The highest BCUT2D eigenvalue weighted by molar-refractivity contribution is 7.92.